The summed E-state index contributed by atoms with van der Waals surface area (Å²) in [5, 5.41) is 0. The number of carbonyl (C=O) groups is 1. The summed E-state index contributed by atoms with van der Waals surface area (Å²) in [5.41, 5.74) is 9.27. The Labute approximate surface area is 127 Å². The summed E-state index contributed by atoms with van der Waals surface area (Å²) < 4.78 is 0.654. The van der Waals surface area contributed by atoms with Crippen molar-refractivity contribution in [2.24, 2.45) is 0 Å². The van der Waals surface area contributed by atoms with Gasteiger partial charge in [0.05, 0.1) is 10.0 Å². The molecule has 104 valence electrons. The molecule has 2 N–H and O–H groups in total. The molecule has 0 aliphatic rings. The van der Waals surface area contributed by atoms with Crippen LogP contribution in [0.25, 0.3) is 0 Å². The van der Waals surface area contributed by atoms with Gasteiger partial charge in [-0.25, -0.2) is 0 Å². The minimum absolute atomic E-state index is 0.0503. The number of amides is 1. The van der Waals surface area contributed by atoms with Gasteiger partial charge in [-0.1, -0.05) is 35.9 Å². The molecule has 0 aliphatic carbocycles. The summed E-state index contributed by atoms with van der Waals surface area (Å²) in [6, 6.07) is 13.5. The predicted molar refractivity (Wildman–Crippen MR) is 85.5 cm³/mol. The fourth-order valence-corrected chi connectivity index (χ4v) is 2.51. The summed E-state index contributed by atoms with van der Waals surface area (Å²) >= 11 is 3.37. The largest absolute Gasteiger partial charge is 0.398 e. The van der Waals surface area contributed by atoms with Crippen LogP contribution < -0.4 is 5.73 Å². The Hall–Kier alpha value is -1.81. The fourth-order valence-electron chi connectivity index (χ4n) is 2.08. The Morgan fingerprint density at radius 1 is 1.25 bits per heavy atom. The van der Waals surface area contributed by atoms with Crippen LogP contribution in [0.3, 0.4) is 0 Å². The monoisotopic (exact) mass is 332 g/mol. The van der Waals surface area contributed by atoms with Gasteiger partial charge in [0.1, 0.15) is 0 Å². The average Bonchev–Trinajstić information content (AvgIpc) is 2.41. The highest BCUT2D eigenvalue weighted by Crippen LogP contribution is 2.25. The van der Waals surface area contributed by atoms with Crippen molar-refractivity contribution in [2.75, 3.05) is 12.8 Å². The van der Waals surface area contributed by atoms with Crippen molar-refractivity contribution < 1.29 is 4.79 Å². The average molecular weight is 333 g/mol. The number of hydrogen-bond donors (Lipinski definition) is 1. The molecule has 0 bridgehead atoms. The van der Waals surface area contributed by atoms with Crippen LogP contribution in [0.4, 0.5) is 5.69 Å². The van der Waals surface area contributed by atoms with Crippen LogP contribution in [0.5, 0.6) is 0 Å². The molecule has 0 fully saturated rings. The van der Waals surface area contributed by atoms with Crippen molar-refractivity contribution in [3.63, 3.8) is 0 Å². The zero-order valence-corrected chi connectivity index (χ0v) is 13.1. The summed E-state index contributed by atoms with van der Waals surface area (Å²) in [5.74, 6) is -0.0503. The number of carbonyl (C=O) groups excluding carboxylic acids is 1. The third-order valence-corrected chi connectivity index (χ3v) is 3.99. The number of hydrogen-bond acceptors (Lipinski definition) is 2. The molecular weight excluding hydrogens is 316 g/mol. The molecule has 0 aromatic heterocycles. The van der Waals surface area contributed by atoms with Gasteiger partial charge in [0.2, 0.25) is 0 Å². The maximum Gasteiger partial charge on any atom is 0.255 e. The molecule has 2 aromatic carbocycles. The second-order valence-corrected chi connectivity index (χ2v) is 5.65. The highest BCUT2D eigenvalue weighted by atomic mass is 79.9. The van der Waals surface area contributed by atoms with Crippen molar-refractivity contribution in [2.45, 2.75) is 13.5 Å². The van der Waals surface area contributed by atoms with E-state index in [9.17, 15) is 4.79 Å². The Balaban J connectivity index is 2.19. The van der Waals surface area contributed by atoms with E-state index < -0.39 is 0 Å². The minimum Gasteiger partial charge on any atom is -0.398 e. The lowest BCUT2D eigenvalue weighted by Gasteiger charge is -2.18. The molecule has 0 saturated heterocycles. The van der Waals surface area contributed by atoms with Crippen LogP contribution in [-0.4, -0.2) is 17.9 Å². The second kappa shape index (κ2) is 6.09. The molecular formula is C16H17BrN2O. The van der Waals surface area contributed by atoms with Gasteiger partial charge in [-0.2, -0.15) is 0 Å². The summed E-state index contributed by atoms with van der Waals surface area (Å²) in [4.78, 5) is 14.1. The Morgan fingerprint density at radius 3 is 2.65 bits per heavy atom. The van der Waals surface area contributed by atoms with Gasteiger partial charge in [-0.05, 0) is 40.5 Å². The lowest BCUT2D eigenvalue weighted by atomic mass is 10.1. The maximum absolute atomic E-state index is 12.4. The van der Waals surface area contributed by atoms with Gasteiger partial charge in [0.15, 0.2) is 0 Å². The Bertz CT molecular complexity index is 640. The number of rotatable bonds is 3. The smallest absolute Gasteiger partial charge is 0.255 e. The highest BCUT2D eigenvalue weighted by molar-refractivity contribution is 9.10. The minimum atomic E-state index is -0.0503. The first-order valence-electron chi connectivity index (χ1n) is 6.34. The van der Waals surface area contributed by atoms with Crippen LogP contribution in [0.1, 0.15) is 21.5 Å². The SMILES string of the molecule is Cc1cccc(CN(C)C(=O)c2cccc(N)c2Br)c1. The molecule has 0 heterocycles. The quantitative estimate of drug-likeness (QED) is 0.872. The van der Waals surface area contributed by atoms with Gasteiger partial charge in [-0.3, -0.25) is 4.79 Å². The third kappa shape index (κ3) is 3.20. The topological polar surface area (TPSA) is 46.3 Å². The normalized spacial score (nSPS) is 10.3. The lowest BCUT2D eigenvalue weighted by molar-refractivity contribution is 0.0784. The van der Waals surface area contributed by atoms with Crippen LogP contribution in [0.15, 0.2) is 46.9 Å². The van der Waals surface area contributed by atoms with E-state index in [0.717, 1.165) is 5.56 Å². The fraction of sp³-hybridized carbons (Fsp3) is 0.188. The van der Waals surface area contributed by atoms with E-state index >= 15 is 0 Å². The molecule has 0 saturated carbocycles. The van der Waals surface area contributed by atoms with E-state index in [2.05, 4.69) is 22.0 Å². The molecule has 20 heavy (non-hydrogen) atoms. The summed E-state index contributed by atoms with van der Waals surface area (Å²) in [6.45, 7) is 2.61. The van der Waals surface area contributed by atoms with Crippen molar-refractivity contribution in [3.05, 3.63) is 63.6 Å². The highest BCUT2D eigenvalue weighted by Gasteiger charge is 2.16. The molecule has 0 spiro atoms. The Morgan fingerprint density at radius 2 is 1.95 bits per heavy atom. The van der Waals surface area contributed by atoms with Crippen LogP contribution >= 0.6 is 15.9 Å². The van der Waals surface area contributed by atoms with E-state index in [1.54, 1.807) is 30.1 Å². The molecule has 3 nitrogen and oxygen atoms in total. The number of halogens is 1. The van der Waals surface area contributed by atoms with E-state index in [-0.39, 0.29) is 5.91 Å². The van der Waals surface area contributed by atoms with E-state index in [1.807, 2.05) is 25.1 Å². The number of anilines is 1. The van der Waals surface area contributed by atoms with E-state index in [4.69, 9.17) is 5.73 Å². The Kier molecular flexibility index (Phi) is 4.45. The van der Waals surface area contributed by atoms with Crippen molar-refractivity contribution in [1.29, 1.82) is 0 Å². The number of nitrogens with two attached hydrogens (primary N) is 1. The van der Waals surface area contributed by atoms with Crippen molar-refractivity contribution in [1.82, 2.24) is 4.90 Å². The molecule has 2 rings (SSSR count). The van der Waals surface area contributed by atoms with Gasteiger partial charge >= 0.3 is 0 Å². The summed E-state index contributed by atoms with van der Waals surface area (Å²) in [7, 11) is 1.79. The van der Waals surface area contributed by atoms with Crippen molar-refractivity contribution in [3.8, 4) is 0 Å². The lowest BCUT2D eigenvalue weighted by Crippen LogP contribution is -2.26. The molecule has 1 amide bonds. The third-order valence-electron chi connectivity index (χ3n) is 3.11. The molecule has 2 aromatic rings. The number of nitrogen functional groups attached to an aromatic ring is 1. The van der Waals surface area contributed by atoms with Gasteiger partial charge in [0.25, 0.3) is 5.91 Å². The standard InChI is InChI=1S/C16H17BrN2O/c1-11-5-3-6-12(9-11)10-19(2)16(20)13-7-4-8-14(18)15(13)17/h3-9H,10,18H2,1-2H3. The first-order valence-corrected chi connectivity index (χ1v) is 7.13. The first-order chi connectivity index (χ1) is 9.49. The maximum atomic E-state index is 12.4. The first kappa shape index (κ1) is 14.6. The van der Waals surface area contributed by atoms with Gasteiger partial charge in [0, 0.05) is 19.3 Å². The van der Waals surface area contributed by atoms with Gasteiger partial charge in [-0.15, -0.1) is 0 Å². The number of benzene rings is 2. The van der Waals surface area contributed by atoms with Crippen LogP contribution in [-0.2, 0) is 6.54 Å². The van der Waals surface area contributed by atoms with Crippen molar-refractivity contribution >= 4 is 27.5 Å². The predicted octanol–water partition coefficient (Wildman–Crippen LogP) is 3.61. The van der Waals surface area contributed by atoms with E-state index in [1.165, 1.54) is 5.56 Å². The second-order valence-electron chi connectivity index (χ2n) is 4.86. The zero-order valence-electron chi connectivity index (χ0n) is 11.6. The van der Waals surface area contributed by atoms with Gasteiger partial charge < -0.3 is 10.6 Å². The number of aryl methyl sites for hydroxylation is 1. The van der Waals surface area contributed by atoms with Crippen LogP contribution in [0, 0.1) is 6.92 Å². The molecule has 0 unspecified atom stereocenters. The molecule has 0 aliphatic heterocycles. The molecule has 0 radical (unpaired) electrons. The summed E-state index contributed by atoms with van der Waals surface area (Å²) in [6.07, 6.45) is 0. The molecule has 0 atom stereocenters. The van der Waals surface area contributed by atoms with E-state index in [0.29, 0.717) is 22.3 Å². The zero-order chi connectivity index (χ0) is 14.7. The molecule has 4 heteroatoms. The van der Waals surface area contributed by atoms with Crippen LogP contribution in [0.2, 0.25) is 0 Å². The number of nitrogens with zero attached hydrogens (tertiary/aromatic N) is 1.